The summed E-state index contributed by atoms with van der Waals surface area (Å²) < 4.78 is 5.24. The highest BCUT2D eigenvalue weighted by molar-refractivity contribution is 5.67. The molecule has 0 aliphatic heterocycles. The lowest BCUT2D eigenvalue weighted by molar-refractivity contribution is 0.0211. The number of ether oxygens (including phenoxy) is 1. The van der Waals surface area contributed by atoms with E-state index in [1.165, 1.54) is 19.3 Å². The molecule has 0 aromatic carbocycles. The van der Waals surface area contributed by atoms with Gasteiger partial charge in [-0.15, -0.1) is 0 Å². The largest absolute Gasteiger partial charge is 0.443 e. The van der Waals surface area contributed by atoms with Crippen molar-refractivity contribution in [3.05, 3.63) is 0 Å². The molecule has 2 N–H and O–H groups in total. The number of rotatable bonds is 9. The SMILES string of the molecule is CC(C)(C)CCCCCCNC(=O)OC(C)(C)CCO. The molecule has 0 aliphatic carbocycles. The lowest BCUT2D eigenvalue weighted by Gasteiger charge is -2.24. The first-order valence-corrected chi connectivity index (χ1v) is 7.74. The maximum absolute atomic E-state index is 11.5. The van der Waals surface area contributed by atoms with E-state index >= 15 is 0 Å². The molecule has 0 aromatic heterocycles. The molecule has 4 nitrogen and oxygen atoms in total. The molecule has 4 heteroatoms. The van der Waals surface area contributed by atoms with Crippen LogP contribution >= 0.6 is 0 Å². The predicted molar refractivity (Wildman–Crippen MR) is 82.8 cm³/mol. The van der Waals surface area contributed by atoms with Crippen LogP contribution in [0.4, 0.5) is 4.79 Å². The molecule has 0 spiro atoms. The van der Waals surface area contributed by atoms with Crippen molar-refractivity contribution in [3.63, 3.8) is 0 Å². The van der Waals surface area contributed by atoms with Gasteiger partial charge in [0.2, 0.25) is 0 Å². The molecule has 1 amide bonds. The Balaban J connectivity index is 3.54. The first-order valence-electron chi connectivity index (χ1n) is 7.74. The zero-order chi connectivity index (χ0) is 15.6. The maximum Gasteiger partial charge on any atom is 0.407 e. The molecule has 0 saturated carbocycles. The van der Waals surface area contributed by atoms with Gasteiger partial charge in [0.25, 0.3) is 0 Å². The van der Waals surface area contributed by atoms with Crippen LogP contribution < -0.4 is 5.32 Å². The van der Waals surface area contributed by atoms with Crippen LogP contribution in [0.15, 0.2) is 0 Å². The van der Waals surface area contributed by atoms with Gasteiger partial charge in [-0.25, -0.2) is 4.79 Å². The Kier molecular flexibility index (Phi) is 8.86. The van der Waals surface area contributed by atoms with Crippen molar-refractivity contribution in [2.45, 2.75) is 78.7 Å². The van der Waals surface area contributed by atoms with E-state index in [1.807, 2.05) is 0 Å². The van der Waals surface area contributed by atoms with Gasteiger partial charge in [0.05, 0.1) is 0 Å². The summed E-state index contributed by atoms with van der Waals surface area (Å²) in [5.41, 5.74) is -0.189. The summed E-state index contributed by atoms with van der Waals surface area (Å²) in [6.07, 6.45) is 5.89. The predicted octanol–water partition coefficient (Wildman–Crippen LogP) is 3.87. The minimum Gasteiger partial charge on any atom is -0.443 e. The highest BCUT2D eigenvalue weighted by atomic mass is 16.6. The Morgan fingerprint density at radius 1 is 1.00 bits per heavy atom. The third-order valence-electron chi connectivity index (χ3n) is 3.21. The minimum absolute atomic E-state index is 0.0219. The van der Waals surface area contributed by atoms with Crippen molar-refractivity contribution in [1.29, 1.82) is 0 Å². The molecule has 0 atom stereocenters. The summed E-state index contributed by atoms with van der Waals surface area (Å²) in [6, 6.07) is 0. The number of hydrogen-bond acceptors (Lipinski definition) is 3. The van der Waals surface area contributed by atoms with Gasteiger partial charge >= 0.3 is 6.09 Å². The molecule has 0 fully saturated rings. The molecule has 0 aliphatic rings. The van der Waals surface area contributed by atoms with Crippen LogP contribution in [0.2, 0.25) is 0 Å². The molecule has 0 saturated heterocycles. The molecule has 0 heterocycles. The van der Waals surface area contributed by atoms with Gasteiger partial charge in [-0.1, -0.05) is 40.0 Å². The summed E-state index contributed by atoms with van der Waals surface area (Å²) in [5, 5.41) is 11.6. The van der Waals surface area contributed by atoms with Crippen LogP contribution in [0.1, 0.15) is 73.1 Å². The number of aliphatic hydroxyl groups excluding tert-OH is 1. The number of hydrogen-bond donors (Lipinski definition) is 2. The molecule has 20 heavy (non-hydrogen) atoms. The minimum atomic E-state index is -0.606. The Labute approximate surface area is 124 Å². The summed E-state index contributed by atoms with van der Waals surface area (Å²) in [5.74, 6) is 0. The monoisotopic (exact) mass is 287 g/mol. The van der Waals surface area contributed by atoms with Gasteiger partial charge in [0, 0.05) is 19.6 Å². The van der Waals surface area contributed by atoms with E-state index in [1.54, 1.807) is 13.8 Å². The van der Waals surface area contributed by atoms with Crippen LogP contribution in [-0.2, 0) is 4.74 Å². The molecule has 0 rings (SSSR count). The fraction of sp³-hybridized carbons (Fsp3) is 0.938. The normalized spacial score (nSPS) is 12.3. The first kappa shape index (κ1) is 19.2. The van der Waals surface area contributed by atoms with Crippen LogP contribution in [0.25, 0.3) is 0 Å². The highest BCUT2D eigenvalue weighted by Gasteiger charge is 2.21. The van der Waals surface area contributed by atoms with Crippen LogP contribution in [0.5, 0.6) is 0 Å². The van der Waals surface area contributed by atoms with Crippen molar-refractivity contribution in [3.8, 4) is 0 Å². The molecule has 0 unspecified atom stereocenters. The lowest BCUT2D eigenvalue weighted by atomic mass is 9.89. The number of carbonyl (C=O) groups excluding carboxylic acids is 1. The second-order valence-corrected chi connectivity index (χ2v) is 7.27. The smallest absolute Gasteiger partial charge is 0.407 e. The fourth-order valence-electron chi connectivity index (χ4n) is 1.93. The molecular formula is C16H33NO3. The second kappa shape index (κ2) is 9.22. The van der Waals surface area contributed by atoms with E-state index in [0.29, 0.717) is 18.4 Å². The number of alkyl carbamates (subject to hydrolysis) is 1. The number of aliphatic hydroxyl groups is 1. The van der Waals surface area contributed by atoms with Gasteiger partial charge in [0.1, 0.15) is 5.60 Å². The third-order valence-corrected chi connectivity index (χ3v) is 3.21. The summed E-state index contributed by atoms with van der Waals surface area (Å²) in [4.78, 5) is 11.5. The standard InChI is InChI=1S/C16H33NO3/c1-15(2,3)10-8-6-7-9-12-17-14(19)20-16(4,5)11-13-18/h18H,6-13H2,1-5H3,(H,17,19). The Morgan fingerprint density at radius 2 is 1.60 bits per heavy atom. The fourth-order valence-corrected chi connectivity index (χ4v) is 1.93. The second-order valence-electron chi connectivity index (χ2n) is 7.27. The quantitative estimate of drug-likeness (QED) is 0.633. The van der Waals surface area contributed by atoms with Crippen molar-refractivity contribution in [2.24, 2.45) is 5.41 Å². The van der Waals surface area contributed by atoms with E-state index in [9.17, 15) is 4.79 Å². The lowest BCUT2D eigenvalue weighted by Crippen LogP contribution is -2.35. The van der Waals surface area contributed by atoms with Crippen molar-refractivity contribution in [2.75, 3.05) is 13.2 Å². The Bertz CT molecular complexity index is 269. The molecular weight excluding hydrogens is 254 g/mol. The molecule has 120 valence electrons. The summed E-state index contributed by atoms with van der Waals surface area (Å²) in [7, 11) is 0. The average molecular weight is 287 g/mol. The van der Waals surface area contributed by atoms with Gasteiger partial charge in [-0.05, 0) is 32.1 Å². The zero-order valence-corrected chi connectivity index (χ0v) is 13.9. The van der Waals surface area contributed by atoms with E-state index in [-0.39, 0.29) is 6.61 Å². The molecule has 0 aromatic rings. The Hall–Kier alpha value is -0.770. The van der Waals surface area contributed by atoms with E-state index in [2.05, 4.69) is 26.1 Å². The molecule has 0 radical (unpaired) electrons. The topological polar surface area (TPSA) is 58.6 Å². The van der Waals surface area contributed by atoms with E-state index in [4.69, 9.17) is 9.84 Å². The van der Waals surface area contributed by atoms with E-state index < -0.39 is 11.7 Å². The van der Waals surface area contributed by atoms with Gasteiger partial charge < -0.3 is 15.2 Å². The third kappa shape index (κ3) is 12.3. The van der Waals surface area contributed by atoms with Crippen molar-refractivity contribution >= 4 is 6.09 Å². The van der Waals surface area contributed by atoms with Gasteiger partial charge in [-0.3, -0.25) is 0 Å². The number of amides is 1. The molecule has 0 bridgehead atoms. The van der Waals surface area contributed by atoms with Gasteiger partial charge in [-0.2, -0.15) is 0 Å². The summed E-state index contributed by atoms with van der Waals surface area (Å²) in [6.45, 7) is 11.1. The maximum atomic E-state index is 11.5. The van der Waals surface area contributed by atoms with Crippen LogP contribution in [0.3, 0.4) is 0 Å². The van der Waals surface area contributed by atoms with Crippen LogP contribution in [0, 0.1) is 5.41 Å². The Morgan fingerprint density at radius 3 is 2.15 bits per heavy atom. The number of unbranched alkanes of at least 4 members (excludes halogenated alkanes) is 3. The number of carbonyl (C=O) groups is 1. The van der Waals surface area contributed by atoms with Crippen LogP contribution in [-0.4, -0.2) is 30.0 Å². The summed E-state index contributed by atoms with van der Waals surface area (Å²) >= 11 is 0. The first-order chi connectivity index (χ1) is 9.16. The zero-order valence-electron chi connectivity index (χ0n) is 13.9. The van der Waals surface area contributed by atoms with E-state index in [0.717, 1.165) is 12.8 Å². The van der Waals surface area contributed by atoms with Crippen molar-refractivity contribution in [1.82, 2.24) is 5.32 Å². The van der Waals surface area contributed by atoms with Crippen molar-refractivity contribution < 1.29 is 14.6 Å². The van der Waals surface area contributed by atoms with Gasteiger partial charge in [0.15, 0.2) is 0 Å². The average Bonchev–Trinajstić information content (AvgIpc) is 2.25. The highest BCUT2D eigenvalue weighted by Crippen LogP contribution is 2.22. The number of nitrogens with one attached hydrogen (secondary N) is 1.